The van der Waals surface area contributed by atoms with E-state index in [0.29, 0.717) is 42.2 Å². The Labute approximate surface area is 210 Å². The number of hydrogen-bond acceptors (Lipinski definition) is 9. The third-order valence-corrected chi connectivity index (χ3v) is 8.16. The Morgan fingerprint density at radius 1 is 1.48 bits per heavy atom. The first kappa shape index (κ1) is 25.6. The Morgan fingerprint density at radius 3 is 3.00 bits per heavy atom. The zero-order chi connectivity index (χ0) is 23.6. The van der Waals surface area contributed by atoms with Crippen molar-refractivity contribution >= 4 is 59.3 Å². The number of carbonyl (C=O) groups excluding carboxylic acids is 1. The Morgan fingerprint density at radius 2 is 2.30 bits per heavy atom. The van der Waals surface area contributed by atoms with E-state index < -0.39 is 13.2 Å². The van der Waals surface area contributed by atoms with Crippen molar-refractivity contribution in [2.75, 3.05) is 25.0 Å². The number of likely N-dealkylation sites (tertiary alicyclic amines) is 1. The number of rotatable bonds is 8. The number of anilines is 1. The first-order chi connectivity index (χ1) is 15.7. The van der Waals surface area contributed by atoms with Crippen LogP contribution < -0.4 is 5.32 Å². The van der Waals surface area contributed by atoms with Crippen LogP contribution in [0.4, 0.5) is 14.6 Å². The summed E-state index contributed by atoms with van der Waals surface area (Å²) in [5.41, 5.74) is 1.20. The first-order valence-corrected chi connectivity index (χ1v) is 16.0. The van der Waals surface area contributed by atoms with Crippen molar-refractivity contribution in [2.45, 2.75) is 43.9 Å². The molecule has 0 unspecified atom stereocenters. The van der Waals surface area contributed by atoms with Gasteiger partial charge < -0.3 is 0 Å². The van der Waals surface area contributed by atoms with Gasteiger partial charge in [-0.2, -0.15) is 0 Å². The number of thiophene rings is 1. The zero-order valence-electron chi connectivity index (χ0n) is 17.5. The Balaban J connectivity index is 1.44. The molecular weight excluding hydrogens is 604 g/mol. The van der Waals surface area contributed by atoms with Crippen LogP contribution in [0.15, 0.2) is 24.0 Å². The van der Waals surface area contributed by atoms with Gasteiger partial charge >= 0.3 is 166 Å². The van der Waals surface area contributed by atoms with Crippen molar-refractivity contribution < 1.29 is 22.9 Å². The maximum atomic E-state index is 13.5. The molecule has 4 rings (SSSR count). The topological polar surface area (TPSA) is 87.6 Å². The van der Waals surface area contributed by atoms with E-state index in [1.165, 1.54) is 23.9 Å². The average molecular weight is 627 g/mol. The molecule has 2 aromatic heterocycles. The van der Waals surface area contributed by atoms with E-state index in [4.69, 9.17) is 4.18 Å². The van der Waals surface area contributed by atoms with Crippen molar-refractivity contribution in [3.05, 3.63) is 40.0 Å². The van der Waals surface area contributed by atoms with Gasteiger partial charge in [0.2, 0.25) is 0 Å². The summed E-state index contributed by atoms with van der Waals surface area (Å²) in [5.74, 6) is -2.43. The molecule has 1 saturated heterocycles. The molecule has 7 nitrogen and oxygen atoms in total. The van der Waals surface area contributed by atoms with Crippen LogP contribution in [0.1, 0.15) is 40.1 Å². The van der Waals surface area contributed by atoms with E-state index in [1.807, 2.05) is 5.38 Å². The molecule has 3 heterocycles. The summed E-state index contributed by atoms with van der Waals surface area (Å²) in [7, 11) is 3.77. The van der Waals surface area contributed by atoms with Crippen LogP contribution >= 0.6 is 40.4 Å². The molecule has 2 fully saturated rings. The van der Waals surface area contributed by atoms with Gasteiger partial charge in [0.05, 0.1) is 6.54 Å². The van der Waals surface area contributed by atoms with Gasteiger partial charge in [0, 0.05) is 19.5 Å². The van der Waals surface area contributed by atoms with Crippen LogP contribution in [0.2, 0.25) is 0 Å². The molecule has 0 amide bonds. The molecule has 1 aliphatic carbocycles. The normalized spacial score (nSPS) is 25.0. The van der Waals surface area contributed by atoms with Gasteiger partial charge in [0.1, 0.15) is 0 Å². The van der Waals surface area contributed by atoms with E-state index in [9.17, 15) is 18.7 Å². The van der Waals surface area contributed by atoms with Gasteiger partial charge in [-0.1, -0.05) is 0 Å². The molecule has 2 N–H and O–H groups in total. The fourth-order valence-corrected chi connectivity index (χ4v) is 6.76. The third-order valence-electron chi connectivity index (χ3n) is 5.90. The molecular formula is C20H23F2IN4O3PS2-. The number of ketones is 1. The van der Waals surface area contributed by atoms with Crippen LogP contribution in [0, 0.1) is 5.92 Å². The molecule has 0 spiro atoms. The second-order valence-corrected chi connectivity index (χ2v) is 15.3. The summed E-state index contributed by atoms with van der Waals surface area (Å²) in [6.45, 7) is 0.506. The predicted molar refractivity (Wildman–Crippen MR) is 135 cm³/mol. The van der Waals surface area contributed by atoms with Crippen LogP contribution in [-0.4, -0.2) is 63.5 Å². The number of hydrogen-bond donors (Lipinski definition) is 2. The average Bonchev–Trinajstić information content (AvgIpc) is 3.46. The molecule has 180 valence electrons. The quantitative estimate of drug-likeness (QED) is 0.195. The van der Waals surface area contributed by atoms with E-state index >= 15 is 0 Å². The van der Waals surface area contributed by atoms with Gasteiger partial charge in [0.25, 0.3) is 5.92 Å². The van der Waals surface area contributed by atoms with E-state index in [-0.39, 0.29) is 43.4 Å². The summed E-state index contributed by atoms with van der Waals surface area (Å²) in [4.78, 5) is 23.7. The van der Waals surface area contributed by atoms with Gasteiger partial charge in [-0.3, -0.25) is 4.90 Å². The van der Waals surface area contributed by atoms with Crippen molar-refractivity contribution in [3.63, 3.8) is 0 Å². The molecule has 0 aromatic carbocycles. The Hall–Kier alpha value is -0.500. The van der Waals surface area contributed by atoms with Crippen LogP contribution in [0.5, 0.6) is 0 Å². The summed E-state index contributed by atoms with van der Waals surface area (Å²) in [6.07, 6.45) is 3.97. The summed E-state index contributed by atoms with van der Waals surface area (Å²) in [5, 5.41) is 14.9. The number of aliphatic hydroxyl groups excluding tert-OH is 1. The molecule has 3 atom stereocenters. The summed E-state index contributed by atoms with van der Waals surface area (Å²) in [6, 6.07) is 1.74. The van der Waals surface area contributed by atoms with Gasteiger partial charge in [-0.25, -0.2) is 8.78 Å². The third kappa shape index (κ3) is 6.59. The number of nitrogens with one attached hydrogen (secondary N) is 1. The SMILES string of the molecule is O=C(c1cc(CN2CCC(F)(F)C2)cs1)c1cncnc1N[C@@H]1C[C@H](CO)[C@@H](O[S-](#P)I)C1. The standard InChI is InChI=1S/C20H23F2IN4O3PS2/c21-20(22)1-2-27(10-20)7-12-3-17(32-9-12)18(29)15-6-24-11-25-19(15)26-14-4-13(8-28)16(5-14)30-33(23)31/h3,6,9,11,13-14,16,28H,1-2,4-5,7-8,10H2,(H,24,25,26)/q-1/t13-,14-,16+/m1/s1. The second-order valence-electron chi connectivity index (χ2n) is 8.35. The maximum absolute atomic E-state index is 13.5. The molecule has 1 saturated carbocycles. The number of nitrogens with zero attached hydrogens (tertiary/aromatic N) is 3. The van der Waals surface area contributed by atoms with Crippen molar-refractivity contribution in [2.24, 2.45) is 5.92 Å². The van der Waals surface area contributed by atoms with Crippen molar-refractivity contribution in [3.8, 4) is 0 Å². The zero-order valence-corrected chi connectivity index (χ0v) is 22.2. The molecule has 0 bridgehead atoms. The minimum atomic E-state index is -2.64. The molecule has 13 heteroatoms. The fraction of sp³-hybridized carbons (Fsp3) is 0.550. The molecule has 2 aliphatic rings. The number of carbonyl (C=O) groups is 1. The molecule has 33 heavy (non-hydrogen) atoms. The van der Waals surface area contributed by atoms with Gasteiger partial charge in [-0.05, 0) is 0 Å². The molecule has 1 aliphatic heterocycles. The number of halogens is 3. The van der Waals surface area contributed by atoms with E-state index in [1.54, 1.807) is 11.0 Å². The molecule has 0 radical (unpaired) electrons. The van der Waals surface area contributed by atoms with Crippen molar-refractivity contribution in [1.82, 2.24) is 14.9 Å². The van der Waals surface area contributed by atoms with Crippen LogP contribution in [0.3, 0.4) is 0 Å². The van der Waals surface area contributed by atoms with Crippen molar-refractivity contribution in [1.29, 1.82) is 0 Å². The number of aromatic nitrogens is 2. The van der Waals surface area contributed by atoms with Gasteiger partial charge in [-0.15, -0.1) is 0 Å². The summed E-state index contributed by atoms with van der Waals surface area (Å²) < 4.78 is 32.7. The second kappa shape index (κ2) is 11.0. The van der Waals surface area contributed by atoms with Gasteiger partial charge in [0.15, 0.2) is 0 Å². The van der Waals surface area contributed by atoms with Crippen LogP contribution in [0.25, 0.3) is 0 Å². The number of alkyl halides is 2. The number of aliphatic hydroxyl groups is 1. The molecule has 2 aromatic rings. The van der Waals surface area contributed by atoms with E-state index in [2.05, 4.69) is 44.3 Å². The predicted octanol–water partition coefficient (Wildman–Crippen LogP) is 4.39. The Kier molecular flexibility index (Phi) is 8.57. The van der Waals surface area contributed by atoms with Crippen LogP contribution in [-0.2, 0) is 18.1 Å². The summed E-state index contributed by atoms with van der Waals surface area (Å²) >= 11 is 3.38. The monoisotopic (exact) mass is 627 g/mol. The van der Waals surface area contributed by atoms with E-state index in [0.717, 1.165) is 5.56 Å². The Bertz CT molecular complexity index is 1080. The first-order valence-electron chi connectivity index (χ1n) is 10.4. The minimum absolute atomic E-state index is 0.0148. The fourth-order valence-electron chi connectivity index (χ4n) is 4.33.